The molecule has 180 valence electrons. The number of aryl methyl sites for hydroxylation is 1. The lowest BCUT2D eigenvalue weighted by molar-refractivity contribution is 0.0921. The van der Waals surface area contributed by atoms with E-state index in [4.69, 9.17) is 4.98 Å². The Balaban J connectivity index is 0.968. The van der Waals surface area contributed by atoms with Gasteiger partial charge >= 0.3 is 0 Å². The number of hydrogen-bond donors (Lipinski definition) is 1. The van der Waals surface area contributed by atoms with Crippen molar-refractivity contribution in [1.82, 2.24) is 25.0 Å². The van der Waals surface area contributed by atoms with E-state index >= 15 is 0 Å². The number of thiazole rings is 1. The van der Waals surface area contributed by atoms with Crippen LogP contribution in [-0.2, 0) is 20.0 Å². The SMILES string of the molecule is Cn1cc2c(C(=O)N[C@H]3CC[C@H](CCN4CCc5sc(C6CCC6)nc5C4)CC3)cccc2n1. The predicted octanol–water partition coefficient (Wildman–Crippen LogP) is 5.03. The van der Waals surface area contributed by atoms with E-state index < -0.39 is 0 Å². The highest BCUT2D eigenvalue weighted by atomic mass is 32.1. The van der Waals surface area contributed by atoms with Crippen LogP contribution in [0.3, 0.4) is 0 Å². The molecule has 2 fully saturated rings. The lowest BCUT2D eigenvalue weighted by atomic mass is 9.84. The van der Waals surface area contributed by atoms with Crippen molar-refractivity contribution >= 4 is 28.1 Å². The van der Waals surface area contributed by atoms with Crippen molar-refractivity contribution in [2.45, 2.75) is 76.3 Å². The Labute approximate surface area is 205 Å². The fraction of sp³-hybridized carbons (Fsp3) is 0.593. The molecule has 0 saturated heterocycles. The summed E-state index contributed by atoms with van der Waals surface area (Å²) in [6.45, 7) is 3.41. The van der Waals surface area contributed by atoms with E-state index in [2.05, 4.69) is 15.3 Å². The van der Waals surface area contributed by atoms with Crippen molar-refractivity contribution in [2.75, 3.05) is 13.1 Å². The number of rotatable bonds is 6. The quantitative estimate of drug-likeness (QED) is 0.541. The van der Waals surface area contributed by atoms with Gasteiger partial charge in [0.25, 0.3) is 5.91 Å². The molecule has 0 atom stereocenters. The zero-order chi connectivity index (χ0) is 23.1. The molecule has 34 heavy (non-hydrogen) atoms. The molecule has 0 radical (unpaired) electrons. The van der Waals surface area contributed by atoms with Crippen molar-refractivity contribution in [3.8, 4) is 0 Å². The molecule has 1 aromatic carbocycles. The molecule has 1 aliphatic heterocycles. The number of nitrogens with zero attached hydrogens (tertiary/aromatic N) is 4. The summed E-state index contributed by atoms with van der Waals surface area (Å²) in [7, 11) is 1.90. The number of nitrogens with one attached hydrogen (secondary N) is 1. The van der Waals surface area contributed by atoms with Crippen molar-refractivity contribution in [2.24, 2.45) is 13.0 Å². The normalized spacial score (nSPS) is 23.6. The van der Waals surface area contributed by atoms with Gasteiger partial charge in [-0.25, -0.2) is 4.98 Å². The van der Waals surface area contributed by atoms with Crippen LogP contribution in [0.25, 0.3) is 10.9 Å². The van der Waals surface area contributed by atoms with E-state index in [0.717, 1.165) is 47.7 Å². The number of carbonyl (C=O) groups is 1. The van der Waals surface area contributed by atoms with E-state index in [0.29, 0.717) is 0 Å². The molecule has 1 amide bonds. The van der Waals surface area contributed by atoms with Crippen LogP contribution in [0.1, 0.15) is 83.2 Å². The molecule has 0 spiro atoms. The van der Waals surface area contributed by atoms with Gasteiger partial charge in [-0.05, 0) is 76.0 Å². The zero-order valence-corrected chi connectivity index (χ0v) is 20.9. The lowest BCUT2D eigenvalue weighted by Crippen LogP contribution is -2.38. The highest BCUT2D eigenvalue weighted by molar-refractivity contribution is 7.11. The molecule has 6 nitrogen and oxygen atoms in total. The third-order valence-electron chi connectivity index (χ3n) is 8.22. The van der Waals surface area contributed by atoms with Crippen LogP contribution in [0.5, 0.6) is 0 Å². The minimum Gasteiger partial charge on any atom is -0.349 e. The fourth-order valence-electron chi connectivity index (χ4n) is 5.88. The van der Waals surface area contributed by atoms with Crippen molar-refractivity contribution in [1.29, 1.82) is 0 Å². The van der Waals surface area contributed by atoms with Gasteiger partial charge < -0.3 is 5.32 Å². The van der Waals surface area contributed by atoms with Gasteiger partial charge in [0.2, 0.25) is 0 Å². The minimum absolute atomic E-state index is 0.0377. The first-order valence-corrected chi connectivity index (χ1v) is 13.9. The summed E-state index contributed by atoms with van der Waals surface area (Å²) in [6, 6.07) is 6.08. The summed E-state index contributed by atoms with van der Waals surface area (Å²) in [5, 5.41) is 10.1. The van der Waals surface area contributed by atoms with Crippen LogP contribution in [0.15, 0.2) is 24.4 Å². The van der Waals surface area contributed by atoms with Gasteiger partial charge in [0, 0.05) is 48.6 Å². The number of fused-ring (bicyclic) bond motifs is 2. The van der Waals surface area contributed by atoms with Crippen LogP contribution in [0.4, 0.5) is 0 Å². The number of amides is 1. The largest absolute Gasteiger partial charge is 0.349 e. The van der Waals surface area contributed by atoms with Gasteiger partial charge in [-0.2, -0.15) is 5.10 Å². The molecule has 2 saturated carbocycles. The van der Waals surface area contributed by atoms with Crippen LogP contribution in [-0.4, -0.2) is 44.7 Å². The molecule has 6 rings (SSSR count). The third kappa shape index (κ3) is 4.52. The van der Waals surface area contributed by atoms with Gasteiger partial charge in [-0.3, -0.25) is 14.4 Å². The first-order chi connectivity index (χ1) is 16.6. The van der Waals surface area contributed by atoms with Crippen LogP contribution in [0.2, 0.25) is 0 Å². The van der Waals surface area contributed by atoms with Crippen molar-refractivity contribution in [3.05, 3.63) is 45.5 Å². The van der Waals surface area contributed by atoms with Gasteiger partial charge in [0.1, 0.15) is 0 Å². The summed E-state index contributed by atoms with van der Waals surface area (Å²) < 4.78 is 1.78. The van der Waals surface area contributed by atoms with Crippen LogP contribution < -0.4 is 5.32 Å². The number of aromatic nitrogens is 3. The Morgan fingerprint density at radius 2 is 2.03 bits per heavy atom. The highest BCUT2D eigenvalue weighted by Gasteiger charge is 2.28. The van der Waals surface area contributed by atoms with Gasteiger partial charge in [-0.15, -0.1) is 11.3 Å². The number of benzene rings is 1. The zero-order valence-electron chi connectivity index (χ0n) is 20.1. The lowest BCUT2D eigenvalue weighted by Gasteiger charge is -2.32. The Morgan fingerprint density at radius 1 is 1.18 bits per heavy atom. The maximum Gasteiger partial charge on any atom is 0.252 e. The van der Waals surface area contributed by atoms with Crippen LogP contribution in [0, 0.1) is 5.92 Å². The first kappa shape index (κ1) is 22.2. The summed E-state index contributed by atoms with van der Waals surface area (Å²) in [4.78, 5) is 22.2. The summed E-state index contributed by atoms with van der Waals surface area (Å²) in [6.07, 6.45) is 13.1. The second-order valence-corrected chi connectivity index (χ2v) is 11.7. The summed E-state index contributed by atoms with van der Waals surface area (Å²) >= 11 is 2.00. The van der Waals surface area contributed by atoms with Gasteiger partial charge in [0.05, 0.1) is 21.8 Å². The Kier molecular flexibility index (Phi) is 6.16. The minimum atomic E-state index is 0.0377. The summed E-state index contributed by atoms with van der Waals surface area (Å²) in [5.74, 6) is 1.57. The topological polar surface area (TPSA) is 63.1 Å². The van der Waals surface area contributed by atoms with Crippen molar-refractivity contribution < 1.29 is 4.79 Å². The average Bonchev–Trinajstić information content (AvgIpc) is 3.38. The standard InChI is InChI=1S/C27H35N5OS/c1-31-16-22-21(6-3-7-23(22)30-31)26(33)28-20-10-8-18(9-11-20)12-14-32-15-13-25-24(17-32)29-27(34-25)19-4-2-5-19/h3,6-7,16,18-20H,2,4-5,8-15,17H2,1H3,(H,28,33)/t18-,20-. The average molecular weight is 478 g/mol. The number of carbonyl (C=O) groups excluding carboxylic acids is 1. The molecule has 1 N–H and O–H groups in total. The third-order valence-corrected chi connectivity index (χ3v) is 9.54. The predicted molar refractivity (Wildman–Crippen MR) is 136 cm³/mol. The first-order valence-electron chi connectivity index (χ1n) is 13.1. The maximum absolute atomic E-state index is 13.0. The van der Waals surface area contributed by atoms with E-state index in [1.807, 2.05) is 42.8 Å². The van der Waals surface area contributed by atoms with E-state index in [1.165, 1.54) is 68.7 Å². The van der Waals surface area contributed by atoms with Crippen LogP contribution >= 0.6 is 11.3 Å². The molecular formula is C27H35N5OS. The Morgan fingerprint density at radius 3 is 2.82 bits per heavy atom. The molecule has 3 heterocycles. The van der Waals surface area contributed by atoms with E-state index in [-0.39, 0.29) is 11.9 Å². The monoisotopic (exact) mass is 477 g/mol. The van der Waals surface area contributed by atoms with Crippen molar-refractivity contribution in [3.63, 3.8) is 0 Å². The second-order valence-electron chi connectivity index (χ2n) is 10.6. The Hall–Kier alpha value is -2.25. The Bertz CT molecular complexity index is 1170. The highest BCUT2D eigenvalue weighted by Crippen LogP contribution is 2.40. The smallest absolute Gasteiger partial charge is 0.252 e. The molecule has 2 aliphatic carbocycles. The molecule has 3 aromatic rings. The molecular weight excluding hydrogens is 442 g/mol. The molecule has 3 aliphatic rings. The van der Waals surface area contributed by atoms with E-state index in [1.54, 1.807) is 9.56 Å². The van der Waals surface area contributed by atoms with E-state index in [9.17, 15) is 4.79 Å². The molecule has 0 bridgehead atoms. The van der Waals surface area contributed by atoms with Gasteiger partial charge in [0.15, 0.2) is 0 Å². The molecule has 2 aromatic heterocycles. The maximum atomic E-state index is 13.0. The van der Waals surface area contributed by atoms with Gasteiger partial charge in [-0.1, -0.05) is 12.5 Å². The summed E-state index contributed by atoms with van der Waals surface area (Å²) in [5.41, 5.74) is 2.98. The molecule has 0 unspecified atom stereocenters. The fourth-order valence-corrected chi connectivity index (χ4v) is 7.11. The second kappa shape index (κ2) is 9.42. The number of hydrogen-bond acceptors (Lipinski definition) is 5. The molecule has 7 heteroatoms.